The van der Waals surface area contributed by atoms with Crippen LogP contribution in [0.1, 0.15) is 56.7 Å². The molecule has 2 N–H and O–H groups in total. The van der Waals surface area contributed by atoms with Gasteiger partial charge in [0.05, 0.1) is 23.9 Å². The summed E-state index contributed by atoms with van der Waals surface area (Å²) in [6, 6.07) is 3.92. The number of nitrogens with zero attached hydrogens (tertiary/aromatic N) is 1. The molecule has 40 heavy (non-hydrogen) atoms. The van der Waals surface area contributed by atoms with E-state index in [1.165, 1.54) is 13.2 Å². The molecular weight excluding hydrogens is 548 g/mol. The lowest BCUT2D eigenvalue weighted by Crippen LogP contribution is -2.45. The predicted molar refractivity (Wildman–Crippen MR) is 161 cm³/mol. The maximum absolute atomic E-state index is 12.7. The number of carboxylic acids is 1. The van der Waals surface area contributed by atoms with Gasteiger partial charge in [-0.25, -0.2) is 4.79 Å². The van der Waals surface area contributed by atoms with Crippen molar-refractivity contribution in [3.05, 3.63) is 64.0 Å². The van der Waals surface area contributed by atoms with Gasteiger partial charge in [-0.1, -0.05) is 68.7 Å². The Hall–Kier alpha value is -2.88. The standard InChI is InChI=1S/C30H43ClN2O6Si/c1-19(13-15-23-20(2)33-38-21(23)3)26(39-40(8,9)30(4,5)6)11-10-12-28(34)32-25(29(35)36)18-22-14-16-27(37-7)24(31)17-22/h10,12-17,19,25-26H,11,18H2,1-9H3,(H,32,34)(H,35,36)/b12-10+,15-13+/t19-,25?,26+/m1/s1. The number of hydrogen-bond acceptors (Lipinski definition) is 6. The molecule has 0 spiro atoms. The molecule has 0 bridgehead atoms. The number of hydrogen-bond donors (Lipinski definition) is 2. The van der Waals surface area contributed by atoms with Crippen LogP contribution >= 0.6 is 11.6 Å². The van der Waals surface area contributed by atoms with Crippen molar-refractivity contribution < 1.29 is 28.4 Å². The van der Waals surface area contributed by atoms with Gasteiger partial charge >= 0.3 is 5.97 Å². The molecule has 1 amide bonds. The lowest BCUT2D eigenvalue weighted by atomic mass is 10.00. The zero-order chi connectivity index (χ0) is 30.3. The second kappa shape index (κ2) is 14.1. The number of aryl methyl sites for hydroxylation is 2. The van der Waals surface area contributed by atoms with Crippen LogP contribution in [0.3, 0.4) is 0 Å². The lowest BCUT2D eigenvalue weighted by Gasteiger charge is -2.40. The predicted octanol–water partition coefficient (Wildman–Crippen LogP) is 6.75. The van der Waals surface area contributed by atoms with Crippen LogP contribution in [0.2, 0.25) is 23.2 Å². The SMILES string of the molecule is COc1ccc(CC(NC(=O)/C=C/C[C@H](O[Si](C)(C)C(C)(C)C)[C@H](C)/C=C/c2c(C)noc2C)C(=O)O)cc1Cl. The van der Waals surface area contributed by atoms with Crippen LogP contribution in [0.4, 0.5) is 0 Å². The Labute approximate surface area is 243 Å². The number of carboxylic acid groups (broad SMARTS) is 1. The second-order valence-electron chi connectivity index (χ2n) is 11.6. The van der Waals surface area contributed by atoms with Gasteiger partial charge in [0.15, 0.2) is 8.32 Å². The highest BCUT2D eigenvalue weighted by atomic mass is 35.5. The van der Waals surface area contributed by atoms with Crippen LogP contribution in [-0.2, 0) is 20.4 Å². The van der Waals surface area contributed by atoms with Crippen LogP contribution in [0, 0.1) is 19.8 Å². The van der Waals surface area contributed by atoms with E-state index >= 15 is 0 Å². The van der Waals surface area contributed by atoms with Crippen LogP contribution < -0.4 is 10.1 Å². The number of aromatic nitrogens is 1. The van der Waals surface area contributed by atoms with Gasteiger partial charge in [-0.05, 0) is 68.1 Å². The summed E-state index contributed by atoms with van der Waals surface area (Å²) in [6.07, 6.45) is 7.60. The molecule has 2 rings (SSSR count). The Balaban J connectivity index is 2.15. The van der Waals surface area contributed by atoms with Gasteiger partial charge in [-0.2, -0.15) is 0 Å². The van der Waals surface area contributed by atoms with Crippen molar-refractivity contribution in [2.45, 2.75) is 84.7 Å². The number of methoxy groups -OCH3 is 1. The Morgan fingerprint density at radius 1 is 1.25 bits per heavy atom. The summed E-state index contributed by atoms with van der Waals surface area (Å²) in [4.78, 5) is 24.6. The highest BCUT2D eigenvalue weighted by Gasteiger charge is 2.39. The average molecular weight is 591 g/mol. The fourth-order valence-corrected chi connectivity index (χ4v) is 5.53. The molecule has 10 heteroatoms. The van der Waals surface area contributed by atoms with Crippen LogP contribution in [0.25, 0.3) is 6.08 Å². The van der Waals surface area contributed by atoms with E-state index in [1.807, 2.05) is 19.9 Å². The molecule has 1 aromatic heterocycles. The maximum atomic E-state index is 12.7. The van der Waals surface area contributed by atoms with E-state index in [-0.39, 0.29) is 23.5 Å². The molecule has 0 aliphatic carbocycles. The van der Waals surface area contributed by atoms with Gasteiger partial charge in [0.2, 0.25) is 5.91 Å². The number of nitrogens with one attached hydrogen (secondary N) is 1. The zero-order valence-corrected chi connectivity index (χ0v) is 26.8. The fraction of sp³-hybridized carbons (Fsp3) is 0.500. The van der Waals surface area contributed by atoms with E-state index in [2.05, 4.69) is 57.3 Å². The smallest absolute Gasteiger partial charge is 0.326 e. The molecular formula is C30H43ClN2O6Si. The zero-order valence-electron chi connectivity index (χ0n) is 25.0. The molecule has 0 aliphatic rings. The first-order valence-corrected chi connectivity index (χ1v) is 16.7. The molecule has 1 aromatic carbocycles. The highest BCUT2D eigenvalue weighted by molar-refractivity contribution is 6.74. The molecule has 1 unspecified atom stereocenters. The average Bonchev–Trinajstić information content (AvgIpc) is 3.17. The first-order chi connectivity index (χ1) is 18.6. The highest BCUT2D eigenvalue weighted by Crippen LogP contribution is 2.38. The first kappa shape index (κ1) is 33.3. The number of halogens is 1. The van der Waals surface area contributed by atoms with Gasteiger partial charge in [0, 0.05) is 12.0 Å². The van der Waals surface area contributed by atoms with E-state index in [4.69, 9.17) is 25.3 Å². The topological polar surface area (TPSA) is 111 Å². The largest absolute Gasteiger partial charge is 0.495 e. The third-order valence-corrected chi connectivity index (χ3v) is 12.2. The van der Waals surface area contributed by atoms with Crippen molar-refractivity contribution in [1.29, 1.82) is 0 Å². The molecule has 2 aromatic rings. The Bertz CT molecular complexity index is 1210. The summed E-state index contributed by atoms with van der Waals surface area (Å²) in [6.45, 7) is 16.8. The fourth-order valence-electron chi connectivity index (χ4n) is 3.83. The van der Waals surface area contributed by atoms with Crippen molar-refractivity contribution >= 4 is 37.9 Å². The molecule has 1 heterocycles. The molecule has 0 radical (unpaired) electrons. The minimum Gasteiger partial charge on any atom is -0.495 e. The minimum atomic E-state index is -2.12. The van der Waals surface area contributed by atoms with Crippen molar-refractivity contribution in [3.8, 4) is 5.75 Å². The summed E-state index contributed by atoms with van der Waals surface area (Å²) < 4.78 is 17.2. The number of amides is 1. The van der Waals surface area contributed by atoms with Gasteiger partial charge in [-0.15, -0.1) is 0 Å². The summed E-state index contributed by atoms with van der Waals surface area (Å²) in [7, 11) is -0.612. The summed E-state index contributed by atoms with van der Waals surface area (Å²) in [5.41, 5.74) is 2.44. The van der Waals surface area contributed by atoms with E-state index in [0.717, 1.165) is 17.0 Å². The summed E-state index contributed by atoms with van der Waals surface area (Å²) in [5, 5.41) is 16.7. The monoisotopic (exact) mass is 590 g/mol. The minimum absolute atomic E-state index is 0.0104. The van der Waals surface area contributed by atoms with Crippen molar-refractivity contribution in [1.82, 2.24) is 10.5 Å². The van der Waals surface area contributed by atoms with Gasteiger partial charge in [0.25, 0.3) is 0 Å². The van der Waals surface area contributed by atoms with E-state index in [1.54, 1.807) is 24.3 Å². The number of carbonyl (C=O) groups excluding carboxylic acids is 1. The third-order valence-electron chi connectivity index (χ3n) is 7.40. The molecule has 0 saturated carbocycles. The van der Waals surface area contributed by atoms with Crippen LogP contribution in [-0.4, -0.2) is 49.7 Å². The number of carbonyl (C=O) groups is 2. The van der Waals surface area contributed by atoms with Crippen LogP contribution in [0.5, 0.6) is 5.75 Å². The second-order valence-corrected chi connectivity index (χ2v) is 16.7. The normalized spacial score (nSPS) is 14.8. The lowest BCUT2D eigenvalue weighted by molar-refractivity contribution is -0.141. The molecule has 0 fully saturated rings. The van der Waals surface area contributed by atoms with Gasteiger partial charge in [-0.3, -0.25) is 4.79 Å². The third kappa shape index (κ3) is 9.35. The Kier molecular flexibility index (Phi) is 11.8. The van der Waals surface area contributed by atoms with Crippen molar-refractivity contribution in [2.24, 2.45) is 5.92 Å². The first-order valence-electron chi connectivity index (χ1n) is 13.4. The van der Waals surface area contributed by atoms with Gasteiger partial charge < -0.3 is 24.1 Å². The van der Waals surface area contributed by atoms with Crippen molar-refractivity contribution in [2.75, 3.05) is 7.11 Å². The van der Waals surface area contributed by atoms with Crippen LogP contribution in [0.15, 0.2) is 41.0 Å². The molecule has 8 nitrogen and oxygen atoms in total. The maximum Gasteiger partial charge on any atom is 0.326 e. The number of ether oxygens (including phenoxy) is 1. The number of aliphatic carboxylic acids is 1. The van der Waals surface area contributed by atoms with Gasteiger partial charge in [0.1, 0.15) is 17.6 Å². The molecule has 0 aliphatic heterocycles. The van der Waals surface area contributed by atoms with E-state index < -0.39 is 26.2 Å². The van der Waals surface area contributed by atoms with E-state index in [9.17, 15) is 14.7 Å². The summed E-state index contributed by atoms with van der Waals surface area (Å²) in [5.74, 6) is -0.344. The summed E-state index contributed by atoms with van der Waals surface area (Å²) >= 11 is 6.17. The number of rotatable bonds is 13. The molecule has 3 atom stereocenters. The molecule has 0 saturated heterocycles. The quantitative estimate of drug-likeness (QED) is 0.196. The Morgan fingerprint density at radius 2 is 1.93 bits per heavy atom. The number of benzene rings is 1. The molecule has 220 valence electrons. The van der Waals surface area contributed by atoms with Crippen molar-refractivity contribution in [3.63, 3.8) is 0 Å². The Morgan fingerprint density at radius 3 is 2.45 bits per heavy atom. The van der Waals surface area contributed by atoms with E-state index in [0.29, 0.717) is 22.8 Å².